The van der Waals surface area contributed by atoms with Crippen molar-refractivity contribution in [3.05, 3.63) is 76.8 Å². The lowest BCUT2D eigenvalue weighted by atomic mass is 10.2. The Morgan fingerprint density at radius 3 is 2.68 bits per heavy atom. The van der Waals surface area contributed by atoms with E-state index in [0.29, 0.717) is 27.7 Å². The minimum Gasteiger partial charge on any atom is -0.326 e. The van der Waals surface area contributed by atoms with Gasteiger partial charge >= 0.3 is 0 Å². The Hall–Kier alpha value is -3.17. The molecule has 0 unspecified atom stereocenters. The fourth-order valence-corrected chi connectivity index (χ4v) is 2.46. The van der Waals surface area contributed by atoms with Gasteiger partial charge in [0.25, 0.3) is 0 Å². The number of anilines is 1. The number of nitrogens with one attached hydrogen (secondary N) is 1. The maximum atomic E-state index is 12.9. The first-order valence-corrected chi connectivity index (χ1v) is 7.73. The monoisotopic (exact) mass is 354 g/mol. The standard InChI is InChI=1S/C18H12ClFN4O/c19-17-10-16(6-1-12(17)11-21)24-8-7-15(23-24)9-18(25)22-14-4-2-13(20)3-5-14/h1-8,10H,9H2,(H,22,25). The molecule has 0 fully saturated rings. The van der Waals surface area contributed by atoms with Gasteiger partial charge in [-0.05, 0) is 48.5 Å². The number of carbonyl (C=O) groups is 1. The van der Waals surface area contributed by atoms with Crippen molar-refractivity contribution in [2.45, 2.75) is 6.42 Å². The molecule has 124 valence electrons. The number of halogens is 2. The fraction of sp³-hybridized carbons (Fsp3) is 0.0556. The predicted molar refractivity (Wildman–Crippen MR) is 92.0 cm³/mol. The summed E-state index contributed by atoms with van der Waals surface area (Å²) in [7, 11) is 0. The van der Waals surface area contributed by atoms with Gasteiger partial charge in [-0.15, -0.1) is 0 Å². The van der Waals surface area contributed by atoms with Gasteiger partial charge in [0, 0.05) is 11.9 Å². The molecule has 5 nitrogen and oxygen atoms in total. The van der Waals surface area contributed by atoms with Crippen LogP contribution < -0.4 is 5.32 Å². The summed E-state index contributed by atoms with van der Waals surface area (Å²) < 4.78 is 14.4. The molecule has 0 aliphatic heterocycles. The Bertz CT molecular complexity index is 960. The Kier molecular flexibility index (Phi) is 4.78. The van der Waals surface area contributed by atoms with Gasteiger partial charge in [-0.1, -0.05) is 11.6 Å². The van der Waals surface area contributed by atoms with Gasteiger partial charge in [-0.2, -0.15) is 10.4 Å². The molecular formula is C18H12ClFN4O. The summed E-state index contributed by atoms with van der Waals surface area (Å²) in [5.74, 6) is -0.618. The van der Waals surface area contributed by atoms with Crippen molar-refractivity contribution in [1.82, 2.24) is 9.78 Å². The van der Waals surface area contributed by atoms with Crippen molar-refractivity contribution in [3.8, 4) is 11.8 Å². The van der Waals surface area contributed by atoms with Gasteiger partial charge < -0.3 is 5.32 Å². The van der Waals surface area contributed by atoms with E-state index in [0.717, 1.165) is 0 Å². The fourth-order valence-electron chi connectivity index (χ4n) is 2.24. The van der Waals surface area contributed by atoms with E-state index in [1.54, 1.807) is 35.1 Å². The lowest BCUT2D eigenvalue weighted by Gasteiger charge is -2.04. The van der Waals surface area contributed by atoms with Crippen molar-refractivity contribution in [1.29, 1.82) is 5.26 Å². The molecule has 0 bridgehead atoms. The average Bonchev–Trinajstić information content (AvgIpc) is 3.05. The number of aromatic nitrogens is 2. The summed E-state index contributed by atoms with van der Waals surface area (Å²) in [5.41, 5.74) is 2.16. The molecule has 25 heavy (non-hydrogen) atoms. The van der Waals surface area contributed by atoms with E-state index < -0.39 is 0 Å². The van der Waals surface area contributed by atoms with Crippen LogP contribution in [-0.2, 0) is 11.2 Å². The Morgan fingerprint density at radius 2 is 2.00 bits per heavy atom. The molecule has 7 heteroatoms. The Balaban J connectivity index is 1.69. The Labute approximate surface area is 148 Å². The van der Waals surface area contributed by atoms with Crippen LogP contribution in [0.1, 0.15) is 11.3 Å². The third-order valence-corrected chi connectivity index (χ3v) is 3.76. The summed E-state index contributed by atoms with van der Waals surface area (Å²) in [6.07, 6.45) is 1.78. The quantitative estimate of drug-likeness (QED) is 0.776. The molecule has 0 atom stereocenters. The smallest absolute Gasteiger partial charge is 0.230 e. The number of nitriles is 1. The summed E-state index contributed by atoms with van der Waals surface area (Å²) in [4.78, 5) is 12.0. The highest BCUT2D eigenvalue weighted by atomic mass is 35.5. The second kappa shape index (κ2) is 7.16. The van der Waals surface area contributed by atoms with Gasteiger partial charge in [-0.3, -0.25) is 4.79 Å². The van der Waals surface area contributed by atoms with Crippen molar-refractivity contribution in [2.75, 3.05) is 5.32 Å². The number of nitrogens with zero attached hydrogens (tertiary/aromatic N) is 3. The zero-order valence-corrected chi connectivity index (χ0v) is 13.7. The third kappa shape index (κ3) is 4.03. The number of rotatable bonds is 4. The molecule has 1 amide bonds. The van der Waals surface area contributed by atoms with E-state index in [9.17, 15) is 9.18 Å². The number of hydrogen-bond donors (Lipinski definition) is 1. The number of hydrogen-bond acceptors (Lipinski definition) is 3. The molecule has 0 saturated heterocycles. The summed E-state index contributed by atoms with van der Waals surface area (Å²) >= 11 is 6.02. The first-order valence-electron chi connectivity index (χ1n) is 7.35. The molecule has 3 aromatic rings. The zero-order chi connectivity index (χ0) is 17.8. The summed E-state index contributed by atoms with van der Waals surface area (Å²) in [6, 6.07) is 14.2. The lowest BCUT2D eigenvalue weighted by molar-refractivity contribution is -0.115. The first-order chi connectivity index (χ1) is 12.0. The third-order valence-electron chi connectivity index (χ3n) is 3.45. The highest BCUT2D eigenvalue weighted by Crippen LogP contribution is 2.19. The highest BCUT2D eigenvalue weighted by molar-refractivity contribution is 6.31. The van der Waals surface area contributed by atoms with Crippen molar-refractivity contribution < 1.29 is 9.18 Å². The minimum atomic E-state index is -0.363. The second-order valence-corrected chi connectivity index (χ2v) is 5.67. The van der Waals surface area contributed by atoms with Crippen molar-refractivity contribution >= 4 is 23.2 Å². The molecule has 2 aromatic carbocycles. The van der Waals surface area contributed by atoms with Gasteiger partial charge in [0.2, 0.25) is 5.91 Å². The van der Waals surface area contributed by atoms with Crippen molar-refractivity contribution in [2.24, 2.45) is 0 Å². The molecule has 1 aromatic heterocycles. The largest absolute Gasteiger partial charge is 0.326 e. The Morgan fingerprint density at radius 1 is 1.24 bits per heavy atom. The van der Waals surface area contributed by atoms with Gasteiger partial charge in [-0.25, -0.2) is 9.07 Å². The molecule has 0 spiro atoms. The highest BCUT2D eigenvalue weighted by Gasteiger charge is 2.09. The van der Waals surface area contributed by atoms with Crippen LogP contribution in [-0.4, -0.2) is 15.7 Å². The van der Waals surface area contributed by atoms with Gasteiger partial charge in [0.1, 0.15) is 11.9 Å². The number of amides is 1. The SMILES string of the molecule is N#Cc1ccc(-n2ccc(CC(=O)Nc3ccc(F)cc3)n2)cc1Cl. The maximum Gasteiger partial charge on any atom is 0.230 e. The van der Waals surface area contributed by atoms with E-state index in [1.165, 1.54) is 24.3 Å². The molecule has 1 N–H and O–H groups in total. The van der Waals surface area contributed by atoms with Crippen LogP contribution in [0.4, 0.5) is 10.1 Å². The molecule has 3 rings (SSSR count). The predicted octanol–water partition coefficient (Wildman–Crippen LogP) is 3.72. The number of carbonyl (C=O) groups excluding carboxylic acids is 1. The summed E-state index contributed by atoms with van der Waals surface area (Å²) in [5, 5.41) is 16.2. The van der Waals surface area contributed by atoms with E-state index in [-0.39, 0.29) is 18.1 Å². The molecule has 0 radical (unpaired) electrons. The van der Waals surface area contributed by atoms with Gasteiger partial charge in [0.15, 0.2) is 0 Å². The average molecular weight is 355 g/mol. The molecular weight excluding hydrogens is 343 g/mol. The van der Waals surface area contributed by atoms with E-state index in [4.69, 9.17) is 16.9 Å². The van der Waals surface area contributed by atoms with Crippen LogP contribution in [0.3, 0.4) is 0 Å². The van der Waals surface area contributed by atoms with Gasteiger partial charge in [0.05, 0.1) is 28.4 Å². The van der Waals surface area contributed by atoms with Crippen LogP contribution in [0.25, 0.3) is 5.69 Å². The van der Waals surface area contributed by atoms with E-state index in [2.05, 4.69) is 10.4 Å². The minimum absolute atomic E-state index is 0.0778. The summed E-state index contributed by atoms with van der Waals surface area (Å²) in [6.45, 7) is 0. The molecule has 0 aliphatic rings. The molecule has 0 aliphatic carbocycles. The first kappa shape index (κ1) is 16.7. The maximum absolute atomic E-state index is 12.9. The molecule has 0 saturated carbocycles. The number of benzene rings is 2. The normalized spacial score (nSPS) is 10.3. The van der Waals surface area contributed by atoms with Crippen LogP contribution in [0, 0.1) is 17.1 Å². The molecule has 1 heterocycles. The van der Waals surface area contributed by atoms with Crippen LogP contribution in [0.5, 0.6) is 0 Å². The zero-order valence-electron chi connectivity index (χ0n) is 12.9. The van der Waals surface area contributed by atoms with Crippen molar-refractivity contribution in [3.63, 3.8) is 0 Å². The lowest BCUT2D eigenvalue weighted by Crippen LogP contribution is -2.14. The van der Waals surface area contributed by atoms with Crippen LogP contribution >= 0.6 is 11.6 Å². The van der Waals surface area contributed by atoms with E-state index >= 15 is 0 Å². The van der Waals surface area contributed by atoms with Crippen LogP contribution in [0.2, 0.25) is 5.02 Å². The van der Waals surface area contributed by atoms with E-state index in [1.807, 2.05) is 6.07 Å². The topological polar surface area (TPSA) is 70.7 Å². The second-order valence-electron chi connectivity index (χ2n) is 5.26. The van der Waals surface area contributed by atoms with Crippen LogP contribution in [0.15, 0.2) is 54.7 Å².